The molecule has 6 nitrogen and oxygen atoms in total. The highest BCUT2D eigenvalue weighted by Gasteiger charge is 2.40. The highest BCUT2D eigenvalue weighted by molar-refractivity contribution is 6.37. The van der Waals surface area contributed by atoms with E-state index < -0.39 is 5.91 Å². The molecule has 1 aliphatic heterocycles. The van der Waals surface area contributed by atoms with Gasteiger partial charge in [0.05, 0.1) is 32.0 Å². The number of para-hydroxylation sites is 3. The van der Waals surface area contributed by atoms with Crippen molar-refractivity contribution in [2.75, 3.05) is 19.5 Å². The number of methoxy groups -OCH3 is 2. The van der Waals surface area contributed by atoms with Crippen molar-refractivity contribution in [3.05, 3.63) is 95.2 Å². The lowest BCUT2D eigenvalue weighted by Crippen LogP contribution is -2.32. The molecule has 0 saturated heterocycles. The zero-order chi connectivity index (χ0) is 22.7. The molecule has 0 unspecified atom stereocenters. The van der Waals surface area contributed by atoms with Gasteiger partial charge in [0.15, 0.2) is 0 Å². The summed E-state index contributed by atoms with van der Waals surface area (Å²) in [4.78, 5) is 28.3. The number of nitrogens with zero attached hydrogens (tertiary/aromatic N) is 1. The molecule has 0 atom stereocenters. The SMILES string of the molecule is COc1ccccc1NC1=C(c2ccccc2OC)C(=O)N(Cc2ccc(C)cc2)C1=O. The molecule has 6 heteroatoms. The Labute approximate surface area is 187 Å². The molecule has 2 amide bonds. The van der Waals surface area contributed by atoms with Crippen molar-refractivity contribution >= 4 is 23.1 Å². The smallest absolute Gasteiger partial charge is 0.278 e. The lowest BCUT2D eigenvalue weighted by molar-refractivity contribution is -0.137. The topological polar surface area (TPSA) is 67.9 Å². The van der Waals surface area contributed by atoms with Crippen LogP contribution in [0.25, 0.3) is 5.57 Å². The van der Waals surface area contributed by atoms with E-state index in [1.165, 1.54) is 12.0 Å². The van der Waals surface area contributed by atoms with Gasteiger partial charge in [0.1, 0.15) is 17.2 Å². The Morgan fingerprint density at radius 1 is 0.781 bits per heavy atom. The first-order valence-electron chi connectivity index (χ1n) is 10.2. The second-order valence-corrected chi connectivity index (χ2v) is 7.46. The number of anilines is 1. The van der Waals surface area contributed by atoms with Crippen LogP contribution < -0.4 is 14.8 Å². The summed E-state index contributed by atoms with van der Waals surface area (Å²) in [5.41, 5.74) is 3.59. The number of benzene rings is 3. The van der Waals surface area contributed by atoms with Gasteiger partial charge in [-0.05, 0) is 30.7 Å². The van der Waals surface area contributed by atoms with Gasteiger partial charge >= 0.3 is 0 Å². The number of carbonyl (C=O) groups is 2. The number of hydrogen-bond acceptors (Lipinski definition) is 5. The lowest BCUT2D eigenvalue weighted by Gasteiger charge is -2.16. The standard InChI is InChI=1S/C26H24N2O4/c1-17-12-14-18(15-13-17)16-28-25(29)23(19-8-4-6-10-21(19)31-2)24(26(28)30)27-20-9-5-7-11-22(20)32-3/h4-15,27H,16H2,1-3H3. The fraction of sp³-hybridized carbons (Fsp3) is 0.154. The van der Waals surface area contributed by atoms with Crippen LogP contribution >= 0.6 is 0 Å². The largest absolute Gasteiger partial charge is 0.496 e. The van der Waals surface area contributed by atoms with Gasteiger partial charge in [0.25, 0.3) is 11.8 Å². The van der Waals surface area contributed by atoms with Gasteiger partial charge in [-0.3, -0.25) is 14.5 Å². The average Bonchev–Trinajstić information content (AvgIpc) is 3.04. The number of amides is 2. The van der Waals surface area contributed by atoms with Crippen LogP contribution in [0.5, 0.6) is 11.5 Å². The summed E-state index contributed by atoms with van der Waals surface area (Å²) in [5, 5.41) is 3.15. The third-order valence-corrected chi connectivity index (χ3v) is 5.37. The summed E-state index contributed by atoms with van der Waals surface area (Å²) in [5.74, 6) is 0.302. The molecular formula is C26H24N2O4. The Hall–Kier alpha value is -4.06. The quantitative estimate of drug-likeness (QED) is 0.565. The van der Waals surface area contributed by atoms with Crippen LogP contribution in [0.15, 0.2) is 78.5 Å². The van der Waals surface area contributed by atoms with Crippen LogP contribution in [0.2, 0.25) is 0 Å². The molecule has 0 aromatic heterocycles. The van der Waals surface area contributed by atoms with Gasteiger partial charge < -0.3 is 14.8 Å². The predicted octanol–water partition coefficient (Wildman–Crippen LogP) is 4.40. The molecule has 0 spiro atoms. The first kappa shape index (κ1) is 21.2. The summed E-state index contributed by atoms with van der Waals surface area (Å²) in [6.07, 6.45) is 0. The summed E-state index contributed by atoms with van der Waals surface area (Å²) in [6.45, 7) is 2.17. The van der Waals surface area contributed by atoms with Crippen molar-refractivity contribution in [1.82, 2.24) is 4.90 Å². The summed E-state index contributed by atoms with van der Waals surface area (Å²) in [6, 6.07) is 22.2. The van der Waals surface area contributed by atoms with Crippen molar-refractivity contribution < 1.29 is 19.1 Å². The van der Waals surface area contributed by atoms with E-state index in [1.807, 2.05) is 55.5 Å². The van der Waals surface area contributed by atoms with E-state index in [1.54, 1.807) is 31.4 Å². The second-order valence-electron chi connectivity index (χ2n) is 7.46. The van der Waals surface area contributed by atoms with E-state index in [0.29, 0.717) is 22.7 Å². The highest BCUT2D eigenvalue weighted by atomic mass is 16.5. The summed E-state index contributed by atoms with van der Waals surface area (Å²) < 4.78 is 10.9. The molecule has 1 N–H and O–H groups in total. The van der Waals surface area contributed by atoms with Crippen LogP contribution in [0.1, 0.15) is 16.7 Å². The number of ether oxygens (including phenoxy) is 2. The fourth-order valence-electron chi connectivity index (χ4n) is 3.70. The molecule has 162 valence electrons. The molecule has 3 aromatic carbocycles. The maximum Gasteiger partial charge on any atom is 0.278 e. The molecule has 0 bridgehead atoms. The lowest BCUT2D eigenvalue weighted by atomic mass is 10.0. The fourth-order valence-corrected chi connectivity index (χ4v) is 3.70. The average molecular weight is 428 g/mol. The monoisotopic (exact) mass is 428 g/mol. The van der Waals surface area contributed by atoms with Crippen molar-refractivity contribution in [1.29, 1.82) is 0 Å². The van der Waals surface area contributed by atoms with E-state index in [0.717, 1.165) is 11.1 Å². The highest BCUT2D eigenvalue weighted by Crippen LogP contribution is 2.37. The van der Waals surface area contributed by atoms with Gasteiger partial charge in [-0.2, -0.15) is 0 Å². The van der Waals surface area contributed by atoms with Gasteiger partial charge in [-0.1, -0.05) is 60.2 Å². The normalized spacial score (nSPS) is 13.5. The second kappa shape index (κ2) is 8.98. The van der Waals surface area contributed by atoms with Crippen molar-refractivity contribution in [2.45, 2.75) is 13.5 Å². The van der Waals surface area contributed by atoms with Crippen LogP contribution in [0, 0.1) is 6.92 Å². The third kappa shape index (κ3) is 3.95. The first-order chi connectivity index (χ1) is 15.5. The van der Waals surface area contributed by atoms with Gasteiger partial charge in [-0.25, -0.2) is 0 Å². The molecule has 0 aliphatic carbocycles. The number of aryl methyl sites for hydroxylation is 1. The van der Waals surface area contributed by atoms with E-state index >= 15 is 0 Å². The summed E-state index contributed by atoms with van der Waals surface area (Å²) in [7, 11) is 3.10. The Bertz CT molecular complexity index is 1200. The Kier molecular flexibility index (Phi) is 5.94. The van der Waals surface area contributed by atoms with E-state index in [-0.39, 0.29) is 23.7 Å². The van der Waals surface area contributed by atoms with Crippen molar-refractivity contribution in [3.63, 3.8) is 0 Å². The molecule has 0 saturated carbocycles. The molecule has 3 aromatic rings. The summed E-state index contributed by atoms with van der Waals surface area (Å²) >= 11 is 0. The maximum absolute atomic E-state index is 13.5. The zero-order valence-electron chi connectivity index (χ0n) is 18.2. The van der Waals surface area contributed by atoms with Gasteiger partial charge in [0.2, 0.25) is 0 Å². The number of rotatable bonds is 7. The van der Waals surface area contributed by atoms with Crippen molar-refractivity contribution in [2.24, 2.45) is 0 Å². The Morgan fingerprint density at radius 2 is 1.41 bits per heavy atom. The van der Waals surface area contributed by atoms with E-state index in [9.17, 15) is 9.59 Å². The number of nitrogens with one attached hydrogen (secondary N) is 1. The van der Waals surface area contributed by atoms with E-state index in [2.05, 4.69) is 5.32 Å². The first-order valence-corrected chi connectivity index (χ1v) is 10.2. The third-order valence-electron chi connectivity index (χ3n) is 5.37. The van der Waals surface area contributed by atoms with Gasteiger partial charge in [-0.15, -0.1) is 0 Å². The number of hydrogen-bond donors (Lipinski definition) is 1. The maximum atomic E-state index is 13.5. The molecule has 4 rings (SSSR count). The minimum atomic E-state index is -0.401. The van der Waals surface area contributed by atoms with Crippen LogP contribution in [-0.2, 0) is 16.1 Å². The van der Waals surface area contributed by atoms with Crippen LogP contribution in [0.3, 0.4) is 0 Å². The molecule has 1 aliphatic rings. The molecular weight excluding hydrogens is 404 g/mol. The zero-order valence-corrected chi connectivity index (χ0v) is 18.2. The minimum absolute atomic E-state index is 0.174. The molecule has 1 heterocycles. The van der Waals surface area contributed by atoms with Gasteiger partial charge in [0, 0.05) is 5.56 Å². The Morgan fingerprint density at radius 3 is 2.09 bits per heavy atom. The van der Waals surface area contributed by atoms with Crippen molar-refractivity contribution in [3.8, 4) is 11.5 Å². The molecule has 32 heavy (non-hydrogen) atoms. The molecule has 0 radical (unpaired) electrons. The Balaban J connectivity index is 1.79. The predicted molar refractivity (Wildman–Crippen MR) is 123 cm³/mol. The van der Waals surface area contributed by atoms with E-state index in [4.69, 9.17) is 9.47 Å². The molecule has 0 fully saturated rings. The number of carbonyl (C=O) groups excluding carboxylic acids is 2. The van der Waals surface area contributed by atoms with Crippen LogP contribution in [-0.4, -0.2) is 30.9 Å². The number of imide groups is 1. The minimum Gasteiger partial charge on any atom is -0.496 e. The van der Waals surface area contributed by atoms with Crippen LogP contribution in [0.4, 0.5) is 5.69 Å².